The van der Waals surface area contributed by atoms with Crippen LogP contribution >= 0.6 is 31.9 Å². The zero-order valence-corrected chi connectivity index (χ0v) is 16.9. The molecule has 7 rings (SSSR count). The molecular formula is C20H6Br2N4O2. The molecule has 2 amide bonds. The highest BCUT2D eigenvalue weighted by Gasteiger charge is 2.31. The third kappa shape index (κ3) is 1.50. The Bertz CT molecular complexity index is 1500. The van der Waals surface area contributed by atoms with Crippen LogP contribution in [0.2, 0.25) is 0 Å². The molecule has 4 heterocycles. The van der Waals surface area contributed by atoms with E-state index in [2.05, 4.69) is 52.5 Å². The molecule has 3 aromatic carbocycles. The number of aromatic nitrogens is 2. The highest BCUT2D eigenvalue weighted by Crippen LogP contribution is 2.50. The Hall–Kier alpha value is -2.84. The quantitative estimate of drug-likeness (QED) is 0.230. The molecule has 0 spiro atoms. The lowest BCUT2D eigenvalue weighted by Crippen LogP contribution is -2.04. The lowest BCUT2D eigenvalue weighted by Gasteiger charge is -2.15. The number of benzene rings is 3. The van der Waals surface area contributed by atoms with E-state index < -0.39 is 0 Å². The van der Waals surface area contributed by atoms with Crippen molar-refractivity contribution < 1.29 is 9.59 Å². The largest absolute Gasteiger partial charge is 0.320 e. The summed E-state index contributed by atoms with van der Waals surface area (Å²) >= 11 is 7.18. The van der Waals surface area contributed by atoms with Crippen molar-refractivity contribution in [2.45, 2.75) is 0 Å². The van der Waals surface area contributed by atoms with Gasteiger partial charge in [0.05, 0.1) is 33.5 Å². The predicted molar refractivity (Wildman–Crippen MR) is 115 cm³/mol. The third-order valence-corrected chi connectivity index (χ3v) is 6.94. The zero-order valence-electron chi connectivity index (χ0n) is 13.8. The molecule has 132 valence electrons. The van der Waals surface area contributed by atoms with Gasteiger partial charge in [0.25, 0.3) is 11.8 Å². The SMILES string of the molecule is O=C1Nc2c(Br)cc3c4ncc5c6c(c(Br)cc(c7ncc1c2c37)c64)NC5=O. The van der Waals surface area contributed by atoms with E-state index in [4.69, 9.17) is 0 Å². The number of anilines is 2. The summed E-state index contributed by atoms with van der Waals surface area (Å²) in [5.41, 5.74) is 4.22. The van der Waals surface area contributed by atoms with Gasteiger partial charge in [0, 0.05) is 53.7 Å². The summed E-state index contributed by atoms with van der Waals surface area (Å²) in [6, 6.07) is 3.94. The number of carbonyl (C=O) groups is 2. The lowest BCUT2D eigenvalue weighted by molar-refractivity contribution is 0.102. The highest BCUT2D eigenvalue weighted by molar-refractivity contribution is 9.11. The predicted octanol–water partition coefficient (Wildman–Crippen LogP) is 5.18. The topological polar surface area (TPSA) is 84.0 Å². The van der Waals surface area contributed by atoms with Crippen molar-refractivity contribution in [2.24, 2.45) is 0 Å². The molecule has 0 saturated carbocycles. The van der Waals surface area contributed by atoms with Gasteiger partial charge in [0.1, 0.15) is 0 Å². The summed E-state index contributed by atoms with van der Waals surface area (Å²) in [6.45, 7) is 0. The maximum atomic E-state index is 12.4. The number of amides is 2. The first kappa shape index (κ1) is 15.1. The third-order valence-electron chi connectivity index (χ3n) is 5.69. The van der Waals surface area contributed by atoms with Crippen molar-refractivity contribution in [3.05, 3.63) is 44.6 Å². The Morgan fingerprint density at radius 3 is 1.54 bits per heavy atom. The number of halogens is 2. The molecule has 0 fully saturated rings. The van der Waals surface area contributed by atoms with E-state index in [1.54, 1.807) is 12.4 Å². The molecule has 2 N–H and O–H groups in total. The van der Waals surface area contributed by atoms with Gasteiger partial charge in [-0.15, -0.1) is 0 Å². The molecule has 6 nitrogen and oxygen atoms in total. The highest BCUT2D eigenvalue weighted by atomic mass is 79.9. The van der Waals surface area contributed by atoms with Gasteiger partial charge in [-0.05, 0) is 44.0 Å². The van der Waals surface area contributed by atoms with Crippen molar-refractivity contribution in [2.75, 3.05) is 10.6 Å². The van der Waals surface area contributed by atoms with Crippen LogP contribution in [0.4, 0.5) is 11.4 Å². The first-order chi connectivity index (χ1) is 13.5. The number of nitrogens with one attached hydrogen (secondary N) is 2. The van der Waals surface area contributed by atoms with Crippen LogP contribution in [-0.4, -0.2) is 21.8 Å². The van der Waals surface area contributed by atoms with Gasteiger partial charge in [-0.3, -0.25) is 19.6 Å². The first-order valence-electron chi connectivity index (χ1n) is 8.48. The summed E-state index contributed by atoms with van der Waals surface area (Å²) in [4.78, 5) is 34.1. The van der Waals surface area contributed by atoms with Gasteiger partial charge in [-0.1, -0.05) is 0 Å². The fraction of sp³-hybridized carbons (Fsp3) is 0. The van der Waals surface area contributed by atoms with Crippen molar-refractivity contribution in [3.8, 4) is 0 Å². The second kappa shape index (κ2) is 4.59. The Labute approximate surface area is 172 Å². The van der Waals surface area contributed by atoms with Crippen LogP contribution in [0, 0.1) is 0 Å². The van der Waals surface area contributed by atoms with Gasteiger partial charge in [-0.25, -0.2) is 0 Å². The van der Waals surface area contributed by atoms with E-state index in [1.165, 1.54) is 0 Å². The molecule has 0 atom stereocenters. The van der Waals surface area contributed by atoms with Crippen LogP contribution in [0.3, 0.4) is 0 Å². The number of hydrogen-bond acceptors (Lipinski definition) is 4. The molecule has 0 radical (unpaired) electrons. The van der Waals surface area contributed by atoms with Crippen molar-refractivity contribution in [1.82, 2.24) is 9.97 Å². The smallest absolute Gasteiger partial charge is 0.257 e. The molecule has 0 aliphatic carbocycles. The maximum Gasteiger partial charge on any atom is 0.257 e. The maximum absolute atomic E-state index is 12.4. The molecule has 0 unspecified atom stereocenters. The molecule has 2 aromatic heterocycles. The van der Waals surface area contributed by atoms with E-state index in [1.807, 2.05) is 12.1 Å². The molecule has 0 saturated heterocycles. The van der Waals surface area contributed by atoms with Gasteiger partial charge in [0.2, 0.25) is 0 Å². The lowest BCUT2D eigenvalue weighted by atomic mass is 9.92. The summed E-state index contributed by atoms with van der Waals surface area (Å²) in [6.07, 6.45) is 3.25. The summed E-state index contributed by atoms with van der Waals surface area (Å²) in [7, 11) is 0. The number of pyridine rings is 2. The van der Waals surface area contributed by atoms with Crippen molar-refractivity contribution >= 4 is 98.4 Å². The van der Waals surface area contributed by atoms with Crippen LogP contribution in [0.1, 0.15) is 20.7 Å². The van der Waals surface area contributed by atoms with Crippen LogP contribution in [-0.2, 0) is 0 Å². The molecule has 8 heteroatoms. The van der Waals surface area contributed by atoms with Gasteiger partial charge >= 0.3 is 0 Å². The molecule has 28 heavy (non-hydrogen) atoms. The van der Waals surface area contributed by atoms with Crippen molar-refractivity contribution in [1.29, 1.82) is 0 Å². The Morgan fingerprint density at radius 2 is 1.11 bits per heavy atom. The fourth-order valence-electron chi connectivity index (χ4n) is 4.58. The van der Waals surface area contributed by atoms with E-state index in [9.17, 15) is 9.59 Å². The minimum Gasteiger partial charge on any atom is -0.320 e. The number of hydrogen-bond donors (Lipinski definition) is 2. The van der Waals surface area contributed by atoms with E-state index in [-0.39, 0.29) is 11.8 Å². The minimum absolute atomic E-state index is 0.157. The monoisotopic (exact) mass is 492 g/mol. The van der Waals surface area contributed by atoms with Crippen LogP contribution in [0.15, 0.2) is 33.5 Å². The molecular weight excluding hydrogens is 488 g/mol. The standard InChI is InChI=1S/C20H6Br2N4O2/c21-9-1-5-11-13-7(19(27)25-17(9)13)4-24-16(11)6-2-10(22)18-14-8(20(28)26-18)3-23-15(5)12(6)14/h1-4H,(H,25,27)(H,26,28). The van der Waals surface area contributed by atoms with E-state index >= 15 is 0 Å². The second-order valence-electron chi connectivity index (χ2n) is 7.01. The van der Waals surface area contributed by atoms with Crippen LogP contribution in [0.25, 0.3) is 43.4 Å². The summed E-state index contributed by atoms with van der Waals surface area (Å²) in [5.74, 6) is -0.314. The number of carbonyl (C=O) groups excluding carboxylic acids is 2. The average molecular weight is 494 g/mol. The zero-order chi connectivity index (χ0) is 18.9. The molecule has 2 aliphatic rings. The summed E-state index contributed by atoms with van der Waals surface area (Å²) in [5, 5.41) is 11.2. The Kier molecular flexibility index (Phi) is 2.48. The molecule has 5 aromatic rings. The summed E-state index contributed by atoms with van der Waals surface area (Å²) < 4.78 is 1.59. The molecule has 2 aliphatic heterocycles. The average Bonchev–Trinajstić information content (AvgIpc) is 3.21. The minimum atomic E-state index is -0.157. The molecule has 0 bridgehead atoms. The Morgan fingerprint density at radius 1 is 0.679 bits per heavy atom. The van der Waals surface area contributed by atoms with Crippen LogP contribution < -0.4 is 10.6 Å². The van der Waals surface area contributed by atoms with Crippen molar-refractivity contribution in [3.63, 3.8) is 0 Å². The van der Waals surface area contributed by atoms with Gasteiger partial charge in [-0.2, -0.15) is 0 Å². The van der Waals surface area contributed by atoms with E-state index in [0.717, 1.165) is 63.7 Å². The van der Waals surface area contributed by atoms with Gasteiger partial charge < -0.3 is 10.6 Å². The van der Waals surface area contributed by atoms with Gasteiger partial charge in [0.15, 0.2) is 0 Å². The Balaban J connectivity index is 1.89. The fourth-order valence-corrected chi connectivity index (χ4v) is 5.63. The first-order valence-corrected chi connectivity index (χ1v) is 10.1. The number of rotatable bonds is 0. The number of fused-ring (bicyclic) bond motifs is 2. The normalized spacial score (nSPS) is 14.8. The number of nitrogens with zero attached hydrogens (tertiary/aromatic N) is 2. The van der Waals surface area contributed by atoms with E-state index in [0.29, 0.717) is 11.1 Å². The second-order valence-corrected chi connectivity index (χ2v) is 8.72. The van der Waals surface area contributed by atoms with Crippen LogP contribution in [0.5, 0.6) is 0 Å².